The molecular formula is C14H17BrClN3. The van der Waals surface area contributed by atoms with Gasteiger partial charge >= 0.3 is 0 Å². The second-order valence-corrected chi connectivity index (χ2v) is 6.19. The summed E-state index contributed by atoms with van der Waals surface area (Å²) in [6.07, 6.45) is 3.66. The molecule has 1 aromatic heterocycles. The lowest BCUT2D eigenvalue weighted by Crippen LogP contribution is -2.20. The molecule has 0 radical (unpaired) electrons. The zero-order valence-electron chi connectivity index (χ0n) is 11.0. The fourth-order valence-corrected chi connectivity index (χ4v) is 2.96. The second kappa shape index (κ2) is 6.07. The van der Waals surface area contributed by atoms with Crippen LogP contribution in [0.4, 0.5) is 0 Å². The number of halogens is 2. The van der Waals surface area contributed by atoms with Crippen LogP contribution in [-0.4, -0.2) is 16.1 Å². The highest BCUT2D eigenvalue weighted by Gasteiger charge is 2.19. The van der Waals surface area contributed by atoms with Gasteiger partial charge in [-0.05, 0) is 24.1 Å². The van der Waals surface area contributed by atoms with E-state index >= 15 is 0 Å². The van der Waals surface area contributed by atoms with Crippen LogP contribution >= 0.6 is 27.5 Å². The van der Waals surface area contributed by atoms with Gasteiger partial charge in [0.05, 0.1) is 17.0 Å². The summed E-state index contributed by atoms with van der Waals surface area (Å²) in [6.45, 7) is 4.92. The van der Waals surface area contributed by atoms with Gasteiger partial charge in [-0.3, -0.25) is 0 Å². The average Bonchev–Trinajstić information content (AvgIpc) is 2.78. The molecule has 0 aliphatic heterocycles. The molecular weight excluding hydrogens is 326 g/mol. The van der Waals surface area contributed by atoms with Crippen molar-refractivity contribution >= 4 is 27.5 Å². The fraction of sp³-hybridized carbons (Fsp3) is 0.357. The minimum atomic E-state index is 0.266. The van der Waals surface area contributed by atoms with Crippen LogP contribution in [0.2, 0.25) is 5.02 Å². The summed E-state index contributed by atoms with van der Waals surface area (Å²) in [5, 5.41) is 0.688. The lowest BCUT2D eigenvalue weighted by molar-refractivity contribution is 0.490. The Morgan fingerprint density at radius 2 is 2.16 bits per heavy atom. The van der Waals surface area contributed by atoms with Crippen molar-refractivity contribution in [2.45, 2.75) is 19.8 Å². The minimum Gasteiger partial charge on any atom is -0.330 e. The second-order valence-electron chi connectivity index (χ2n) is 4.87. The number of nitrogens with two attached hydrogens (primary N) is 1. The van der Waals surface area contributed by atoms with Gasteiger partial charge in [-0.15, -0.1) is 0 Å². The third-order valence-electron chi connectivity index (χ3n) is 3.27. The van der Waals surface area contributed by atoms with Crippen LogP contribution in [0.1, 0.15) is 25.5 Å². The monoisotopic (exact) mass is 341 g/mol. The maximum atomic E-state index is 6.31. The third-order valence-corrected chi connectivity index (χ3v) is 4.07. The smallest absolute Gasteiger partial charge is 0.0994 e. The lowest BCUT2D eigenvalue weighted by atomic mass is 9.93. The van der Waals surface area contributed by atoms with Crippen molar-refractivity contribution in [2.75, 3.05) is 6.54 Å². The Morgan fingerprint density at radius 1 is 1.42 bits per heavy atom. The van der Waals surface area contributed by atoms with Gasteiger partial charge in [-0.1, -0.05) is 41.4 Å². The van der Waals surface area contributed by atoms with E-state index in [9.17, 15) is 0 Å². The quantitative estimate of drug-likeness (QED) is 0.913. The van der Waals surface area contributed by atoms with Crippen molar-refractivity contribution < 1.29 is 0 Å². The predicted octanol–water partition coefficient (Wildman–Crippen LogP) is 3.99. The summed E-state index contributed by atoms with van der Waals surface area (Å²) in [6, 6.07) is 5.83. The molecule has 0 amide bonds. The van der Waals surface area contributed by atoms with Crippen LogP contribution in [0.3, 0.4) is 0 Å². The van der Waals surface area contributed by atoms with Gasteiger partial charge in [0, 0.05) is 28.8 Å². The summed E-state index contributed by atoms with van der Waals surface area (Å²) in [5.41, 5.74) is 7.92. The summed E-state index contributed by atoms with van der Waals surface area (Å²) in [7, 11) is 0. The van der Waals surface area contributed by atoms with Gasteiger partial charge in [0.15, 0.2) is 0 Å². The topological polar surface area (TPSA) is 43.8 Å². The molecule has 2 aromatic rings. The molecule has 0 saturated heterocycles. The van der Waals surface area contributed by atoms with E-state index in [1.54, 1.807) is 6.33 Å². The maximum absolute atomic E-state index is 6.31. The highest BCUT2D eigenvalue weighted by molar-refractivity contribution is 9.10. The van der Waals surface area contributed by atoms with Gasteiger partial charge < -0.3 is 10.3 Å². The number of hydrogen-bond donors (Lipinski definition) is 1. The van der Waals surface area contributed by atoms with E-state index in [-0.39, 0.29) is 5.92 Å². The number of nitrogens with zero attached hydrogens (tertiary/aromatic N) is 2. The number of aromatic nitrogens is 2. The molecule has 2 rings (SSSR count). The van der Waals surface area contributed by atoms with E-state index in [4.69, 9.17) is 17.3 Å². The zero-order valence-corrected chi connectivity index (χ0v) is 13.3. The molecule has 0 saturated carbocycles. The van der Waals surface area contributed by atoms with Gasteiger partial charge in [0.2, 0.25) is 0 Å². The Morgan fingerprint density at radius 3 is 2.74 bits per heavy atom. The number of hydrogen-bond acceptors (Lipinski definition) is 2. The molecule has 5 heteroatoms. The first-order valence-corrected chi connectivity index (χ1v) is 7.39. The SMILES string of the molecule is CC(C)C(CN)c1cncn1-c1ccc(Br)cc1Cl. The molecule has 1 atom stereocenters. The first-order chi connectivity index (χ1) is 9.04. The zero-order chi connectivity index (χ0) is 14.0. The van der Waals surface area contributed by atoms with Gasteiger partial charge in [0.25, 0.3) is 0 Å². The van der Waals surface area contributed by atoms with E-state index in [0.717, 1.165) is 15.9 Å². The molecule has 0 aliphatic carbocycles. The van der Waals surface area contributed by atoms with Crippen LogP contribution in [0.5, 0.6) is 0 Å². The summed E-state index contributed by atoms with van der Waals surface area (Å²) in [4.78, 5) is 4.25. The highest BCUT2D eigenvalue weighted by atomic mass is 79.9. The predicted molar refractivity (Wildman–Crippen MR) is 82.9 cm³/mol. The van der Waals surface area contributed by atoms with Crippen LogP contribution in [0.25, 0.3) is 5.69 Å². The molecule has 102 valence electrons. The maximum Gasteiger partial charge on any atom is 0.0994 e. The minimum absolute atomic E-state index is 0.266. The molecule has 0 fully saturated rings. The molecule has 2 N–H and O–H groups in total. The van der Waals surface area contributed by atoms with Gasteiger partial charge in [-0.2, -0.15) is 0 Å². The molecule has 0 spiro atoms. The molecule has 3 nitrogen and oxygen atoms in total. The van der Waals surface area contributed by atoms with Crippen molar-refractivity contribution in [3.63, 3.8) is 0 Å². The Kier molecular flexibility index (Phi) is 4.66. The van der Waals surface area contributed by atoms with Crippen LogP contribution < -0.4 is 5.73 Å². The van der Waals surface area contributed by atoms with Crippen molar-refractivity contribution in [1.29, 1.82) is 0 Å². The van der Waals surface area contributed by atoms with E-state index < -0.39 is 0 Å². The summed E-state index contributed by atoms with van der Waals surface area (Å²) < 4.78 is 2.98. The van der Waals surface area contributed by atoms with Crippen LogP contribution in [0, 0.1) is 5.92 Å². The van der Waals surface area contributed by atoms with E-state index in [2.05, 4.69) is 34.8 Å². The van der Waals surface area contributed by atoms with Crippen molar-refractivity contribution in [3.05, 3.63) is 45.9 Å². The first-order valence-electron chi connectivity index (χ1n) is 6.22. The third kappa shape index (κ3) is 3.02. The van der Waals surface area contributed by atoms with Gasteiger partial charge in [0.1, 0.15) is 0 Å². The first kappa shape index (κ1) is 14.6. The van der Waals surface area contributed by atoms with Crippen molar-refractivity contribution in [2.24, 2.45) is 11.7 Å². The largest absolute Gasteiger partial charge is 0.330 e. The van der Waals surface area contributed by atoms with E-state index in [1.165, 1.54) is 0 Å². The Balaban J connectivity index is 2.49. The standard InChI is InChI=1S/C14H17BrClN3/c1-9(2)11(6-17)14-7-18-8-19(14)13-4-3-10(15)5-12(13)16/h3-5,7-9,11H,6,17H2,1-2H3. The van der Waals surface area contributed by atoms with Crippen LogP contribution in [0.15, 0.2) is 35.2 Å². The molecule has 0 bridgehead atoms. The Bertz CT molecular complexity index is 566. The van der Waals surface area contributed by atoms with Crippen molar-refractivity contribution in [1.82, 2.24) is 9.55 Å². The summed E-state index contributed by atoms with van der Waals surface area (Å²) >= 11 is 9.73. The molecule has 0 aliphatic rings. The number of benzene rings is 1. The van der Waals surface area contributed by atoms with E-state index in [1.807, 2.05) is 29.0 Å². The van der Waals surface area contributed by atoms with Gasteiger partial charge in [-0.25, -0.2) is 4.98 Å². The Labute approximate surface area is 126 Å². The fourth-order valence-electron chi connectivity index (χ4n) is 2.19. The normalized spacial score (nSPS) is 12.9. The number of imidazole rings is 1. The lowest BCUT2D eigenvalue weighted by Gasteiger charge is -2.21. The van der Waals surface area contributed by atoms with E-state index in [0.29, 0.717) is 17.5 Å². The molecule has 1 heterocycles. The molecule has 1 aromatic carbocycles. The highest BCUT2D eigenvalue weighted by Crippen LogP contribution is 2.30. The number of rotatable bonds is 4. The average molecular weight is 343 g/mol. The van der Waals surface area contributed by atoms with Crippen molar-refractivity contribution in [3.8, 4) is 5.69 Å². The van der Waals surface area contributed by atoms with Crippen LogP contribution in [-0.2, 0) is 0 Å². The molecule has 19 heavy (non-hydrogen) atoms. The summed E-state index contributed by atoms with van der Waals surface area (Å²) in [5.74, 6) is 0.719. The molecule has 1 unspecified atom stereocenters. The Hall–Kier alpha value is -0.840.